The maximum Gasteiger partial charge on any atom is 0.159 e. The van der Waals surface area contributed by atoms with Crippen LogP contribution in [0.4, 0.5) is 5.82 Å². The van der Waals surface area contributed by atoms with E-state index in [4.69, 9.17) is 10.7 Å². The third-order valence-electron chi connectivity index (χ3n) is 4.71. The molecular formula is C17H22N6S. The summed E-state index contributed by atoms with van der Waals surface area (Å²) < 4.78 is 1.77. The van der Waals surface area contributed by atoms with E-state index in [1.54, 1.807) is 16.0 Å². The number of pyridine rings is 1. The number of aromatic nitrogens is 4. The van der Waals surface area contributed by atoms with Gasteiger partial charge in [0.2, 0.25) is 0 Å². The zero-order valence-corrected chi connectivity index (χ0v) is 14.9. The highest BCUT2D eigenvalue weighted by Crippen LogP contribution is 2.29. The Morgan fingerprint density at radius 2 is 2.21 bits per heavy atom. The summed E-state index contributed by atoms with van der Waals surface area (Å²) in [6.45, 7) is 5.16. The van der Waals surface area contributed by atoms with E-state index in [0.29, 0.717) is 11.7 Å². The highest BCUT2D eigenvalue weighted by molar-refractivity contribution is 7.09. The minimum Gasteiger partial charge on any atom is -0.382 e. The summed E-state index contributed by atoms with van der Waals surface area (Å²) in [4.78, 5) is 11.9. The fourth-order valence-electron chi connectivity index (χ4n) is 3.55. The minimum atomic E-state index is 0.457. The molecule has 1 unspecified atom stereocenters. The van der Waals surface area contributed by atoms with Gasteiger partial charge in [0.15, 0.2) is 11.5 Å². The first-order valence-corrected chi connectivity index (χ1v) is 9.20. The Kier molecular flexibility index (Phi) is 3.97. The zero-order chi connectivity index (χ0) is 16.7. The Hall–Kier alpha value is -1.99. The number of hydrogen-bond donors (Lipinski definition) is 1. The van der Waals surface area contributed by atoms with Crippen LogP contribution in [0.3, 0.4) is 0 Å². The lowest BCUT2D eigenvalue weighted by atomic mass is 9.94. The SMILES string of the molecule is Cc1nc(CN2CCCC(c3ccc4c(N)nn(C)c4n3)C2)cs1. The summed E-state index contributed by atoms with van der Waals surface area (Å²) in [5.41, 5.74) is 9.13. The number of nitrogens with zero attached hydrogens (tertiary/aromatic N) is 5. The van der Waals surface area contributed by atoms with Crippen molar-refractivity contribution in [2.24, 2.45) is 7.05 Å². The maximum atomic E-state index is 5.93. The molecule has 24 heavy (non-hydrogen) atoms. The number of nitrogens with two attached hydrogens (primary N) is 1. The lowest BCUT2D eigenvalue weighted by Gasteiger charge is -2.32. The predicted molar refractivity (Wildman–Crippen MR) is 97.0 cm³/mol. The molecule has 1 atom stereocenters. The third-order valence-corrected chi connectivity index (χ3v) is 5.54. The Bertz CT molecular complexity index is 867. The number of thiazole rings is 1. The summed E-state index contributed by atoms with van der Waals surface area (Å²) >= 11 is 1.72. The Labute approximate surface area is 145 Å². The van der Waals surface area contributed by atoms with Gasteiger partial charge in [0.05, 0.1) is 16.1 Å². The summed E-state index contributed by atoms with van der Waals surface area (Å²) in [5.74, 6) is 1.01. The van der Waals surface area contributed by atoms with E-state index in [1.807, 2.05) is 7.05 Å². The van der Waals surface area contributed by atoms with Gasteiger partial charge in [0, 0.05) is 37.1 Å². The molecule has 6 nitrogen and oxygen atoms in total. The van der Waals surface area contributed by atoms with Gasteiger partial charge in [-0.15, -0.1) is 11.3 Å². The van der Waals surface area contributed by atoms with Crippen molar-refractivity contribution in [2.45, 2.75) is 32.2 Å². The Morgan fingerprint density at radius 1 is 1.33 bits per heavy atom. The van der Waals surface area contributed by atoms with E-state index in [1.165, 1.54) is 18.5 Å². The molecule has 3 aromatic heterocycles. The smallest absolute Gasteiger partial charge is 0.159 e. The first-order chi connectivity index (χ1) is 11.6. The van der Waals surface area contributed by atoms with Crippen molar-refractivity contribution >= 4 is 28.2 Å². The lowest BCUT2D eigenvalue weighted by Crippen LogP contribution is -2.34. The molecule has 2 N–H and O–H groups in total. The molecule has 1 saturated heterocycles. The monoisotopic (exact) mass is 342 g/mol. The predicted octanol–water partition coefficient (Wildman–Crippen LogP) is 2.70. The van der Waals surface area contributed by atoms with E-state index in [-0.39, 0.29) is 0 Å². The summed E-state index contributed by atoms with van der Waals surface area (Å²) in [6.07, 6.45) is 2.37. The van der Waals surface area contributed by atoms with Gasteiger partial charge in [-0.25, -0.2) is 14.6 Å². The number of aryl methyl sites for hydroxylation is 2. The molecule has 0 saturated carbocycles. The molecule has 0 spiro atoms. The molecule has 0 radical (unpaired) electrons. The second-order valence-electron chi connectivity index (χ2n) is 6.55. The molecule has 1 fully saturated rings. The second kappa shape index (κ2) is 6.14. The molecule has 1 aliphatic rings. The Balaban J connectivity index is 1.54. The van der Waals surface area contributed by atoms with Crippen LogP contribution >= 0.6 is 11.3 Å². The Morgan fingerprint density at radius 3 is 3.00 bits per heavy atom. The summed E-state index contributed by atoms with van der Waals surface area (Å²) in [7, 11) is 1.90. The zero-order valence-electron chi connectivity index (χ0n) is 14.1. The fraction of sp³-hybridized carbons (Fsp3) is 0.471. The van der Waals surface area contributed by atoms with Crippen LogP contribution in [0.2, 0.25) is 0 Å². The third kappa shape index (κ3) is 2.89. The van der Waals surface area contributed by atoms with E-state index >= 15 is 0 Å². The van der Waals surface area contributed by atoms with Gasteiger partial charge in [0.1, 0.15) is 0 Å². The van der Waals surface area contributed by atoms with Gasteiger partial charge in [-0.2, -0.15) is 5.10 Å². The van der Waals surface area contributed by atoms with E-state index in [9.17, 15) is 0 Å². The van der Waals surface area contributed by atoms with Crippen LogP contribution in [-0.4, -0.2) is 37.7 Å². The number of piperidine rings is 1. The second-order valence-corrected chi connectivity index (χ2v) is 7.61. The van der Waals surface area contributed by atoms with Gasteiger partial charge in [-0.05, 0) is 38.4 Å². The molecular weight excluding hydrogens is 320 g/mol. The standard InChI is InChI=1S/C17H22N6S/c1-11-19-13(10-24-11)9-23-7-3-4-12(8-23)15-6-5-14-16(18)21-22(2)17(14)20-15/h5-6,10,12H,3-4,7-9H2,1-2H3,(H2,18,21). The largest absolute Gasteiger partial charge is 0.382 e. The van der Waals surface area contributed by atoms with Gasteiger partial charge >= 0.3 is 0 Å². The molecule has 3 aromatic rings. The molecule has 0 amide bonds. The van der Waals surface area contributed by atoms with Crippen molar-refractivity contribution in [3.8, 4) is 0 Å². The van der Waals surface area contributed by atoms with Crippen molar-refractivity contribution < 1.29 is 0 Å². The number of fused-ring (bicyclic) bond motifs is 1. The molecule has 0 bridgehead atoms. The molecule has 4 heterocycles. The fourth-order valence-corrected chi connectivity index (χ4v) is 4.15. The van der Waals surface area contributed by atoms with Gasteiger partial charge < -0.3 is 5.73 Å². The minimum absolute atomic E-state index is 0.457. The van der Waals surface area contributed by atoms with Gasteiger partial charge in [0.25, 0.3) is 0 Å². The van der Waals surface area contributed by atoms with Gasteiger partial charge in [-0.3, -0.25) is 4.90 Å². The van der Waals surface area contributed by atoms with Crippen molar-refractivity contribution in [1.29, 1.82) is 0 Å². The highest BCUT2D eigenvalue weighted by atomic mass is 32.1. The number of hydrogen-bond acceptors (Lipinski definition) is 6. The van der Waals surface area contributed by atoms with E-state index < -0.39 is 0 Å². The van der Waals surface area contributed by atoms with Crippen LogP contribution in [0.5, 0.6) is 0 Å². The maximum absolute atomic E-state index is 5.93. The normalized spacial score (nSPS) is 19.2. The average molecular weight is 342 g/mol. The van der Waals surface area contributed by atoms with Crippen molar-refractivity contribution in [3.63, 3.8) is 0 Å². The molecule has 0 aliphatic carbocycles. The first kappa shape index (κ1) is 15.5. The van der Waals surface area contributed by atoms with Crippen LogP contribution in [0.1, 0.15) is 35.2 Å². The van der Waals surface area contributed by atoms with Gasteiger partial charge in [-0.1, -0.05) is 0 Å². The van der Waals surface area contributed by atoms with Crippen molar-refractivity contribution in [1.82, 2.24) is 24.6 Å². The number of nitrogen functional groups attached to an aromatic ring is 1. The molecule has 1 aliphatic heterocycles. The summed E-state index contributed by atoms with van der Waals surface area (Å²) in [6, 6.07) is 4.17. The van der Waals surface area contributed by atoms with Crippen molar-refractivity contribution in [2.75, 3.05) is 18.8 Å². The number of anilines is 1. The van der Waals surface area contributed by atoms with Crippen LogP contribution in [-0.2, 0) is 13.6 Å². The quantitative estimate of drug-likeness (QED) is 0.792. The highest BCUT2D eigenvalue weighted by Gasteiger charge is 2.23. The molecule has 0 aromatic carbocycles. The van der Waals surface area contributed by atoms with E-state index in [2.05, 4.69) is 39.4 Å². The number of rotatable bonds is 3. The van der Waals surface area contributed by atoms with E-state index in [0.717, 1.165) is 41.4 Å². The van der Waals surface area contributed by atoms with Crippen LogP contribution in [0, 0.1) is 6.92 Å². The molecule has 7 heteroatoms. The van der Waals surface area contributed by atoms with Crippen molar-refractivity contribution in [3.05, 3.63) is 33.9 Å². The molecule has 4 rings (SSSR count). The summed E-state index contributed by atoms with van der Waals surface area (Å²) in [5, 5.41) is 8.51. The average Bonchev–Trinajstić information content (AvgIpc) is 3.11. The number of likely N-dealkylation sites (tertiary alicyclic amines) is 1. The van der Waals surface area contributed by atoms with Crippen LogP contribution < -0.4 is 5.73 Å². The van der Waals surface area contributed by atoms with Crippen LogP contribution in [0.25, 0.3) is 11.0 Å². The molecule has 126 valence electrons. The van der Waals surface area contributed by atoms with Crippen LogP contribution in [0.15, 0.2) is 17.5 Å². The topological polar surface area (TPSA) is 72.9 Å². The first-order valence-electron chi connectivity index (χ1n) is 8.32. The lowest BCUT2D eigenvalue weighted by molar-refractivity contribution is 0.197.